The molecule has 9 heteroatoms. The summed E-state index contributed by atoms with van der Waals surface area (Å²) in [6.07, 6.45) is -3.74. The first-order valence-electron chi connectivity index (χ1n) is 10.1. The Morgan fingerprint density at radius 3 is 2.70 bits per heavy atom. The van der Waals surface area contributed by atoms with Crippen LogP contribution < -0.4 is 5.32 Å². The smallest absolute Gasteiger partial charge is 0.350 e. The van der Waals surface area contributed by atoms with E-state index in [0.717, 1.165) is 26.6 Å². The molecule has 0 fully saturated rings. The van der Waals surface area contributed by atoms with Gasteiger partial charge in [-0.05, 0) is 30.0 Å². The fourth-order valence-electron chi connectivity index (χ4n) is 3.47. The molecule has 0 spiro atoms. The number of thiophene rings is 1. The monoisotopic (exact) mass is 485 g/mol. The molecule has 0 saturated heterocycles. The van der Waals surface area contributed by atoms with E-state index < -0.39 is 11.7 Å². The Balaban J connectivity index is 1.63. The zero-order valence-corrected chi connectivity index (χ0v) is 19.1. The lowest BCUT2D eigenvalue weighted by molar-refractivity contribution is -0.137. The molecule has 33 heavy (non-hydrogen) atoms. The zero-order valence-electron chi connectivity index (χ0n) is 17.5. The summed E-state index contributed by atoms with van der Waals surface area (Å²) in [5.74, 6) is -0.255. The maximum absolute atomic E-state index is 13.0. The second kappa shape index (κ2) is 9.33. The number of carbonyl (C=O) groups is 1. The normalized spacial score (nSPS) is 11.5. The largest absolute Gasteiger partial charge is 0.416 e. The molecule has 4 nitrogen and oxygen atoms in total. The van der Waals surface area contributed by atoms with Crippen molar-refractivity contribution in [2.45, 2.75) is 25.9 Å². The Labute approximate surface area is 196 Å². The van der Waals surface area contributed by atoms with Gasteiger partial charge in [0.15, 0.2) is 0 Å². The fraction of sp³-hybridized carbons (Fsp3) is 0.208. The topological polar surface area (TPSA) is 65.8 Å². The molecule has 0 atom stereocenters. The van der Waals surface area contributed by atoms with Crippen molar-refractivity contribution in [1.29, 1.82) is 5.26 Å². The first kappa shape index (κ1) is 23.0. The van der Waals surface area contributed by atoms with Crippen molar-refractivity contribution < 1.29 is 18.0 Å². The van der Waals surface area contributed by atoms with E-state index in [2.05, 4.69) is 10.3 Å². The van der Waals surface area contributed by atoms with Crippen LogP contribution in [0.3, 0.4) is 0 Å². The number of amides is 1. The third-order valence-corrected chi connectivity index (χ3v) is 7.36. The number of nitrogens with one attached hydrogen (secondary N) is 1. The minimum Gasteiger partial charge on any atom is -0.350 e. The molecule has 2 aromatic carbocycles. The third kappa shape index (κ3) is 5.07. The average molecular weight is 486 g/mol. The molecule has 0 saturated carbocycles. The summed E-state index contributed by atoms with van der Waals surface area (Å²) in [6.45, 7) is 2.05. The van der Waals surface area contributed by atoms with Gasteiger partial charge in [-0.3, -0.25) is 4.79 Å². The first-order chi connectivity index (χ1) is 15.8. The standard InChI is InChI=1S/C24H18F3N3OS2/c1-14-20(22(31)29-10-4-9-28)33-23(30-14)19-8-3-6-16-13-18(32-21(16)19)12-15-5-2-7-17(11-15)24(25,26)27/h2-3,5-8,11,13H,4,10,12H2,1H3,(H,29,31). The predicted octanol–water partition coefficient (Wildman–Crippen LogP) is 6.59. The van der Waals surface area contributed by atoms with Gasteiger partial charge in [0, 0.05) is 28.1 Å². The molecule has 4 rings (SSSR count). The van der Waals surface area contributed by atoms with Crippen LogP contribution in [0.2, 0.25) is 0 Å². The van der Waals surface area contributed by atoms with E-state index in [1.165, 1.54) is 34.8 Å². The molecule has 0 aliphatic rings. The summed E-state index contributed by atoms with van der Waals surface area (Å²) in [5, 5.41) is 13.0. The summed E-state index contributed by atoms with van der Waals surface area (Å²) < 4.78 is 40.1. The van der Waals surface area contributed by atoms with Crippen molar-refractivity contribution in [2.75, 3.05) is 6.54 Å². The van der Waals surface area contributed by atoms with Gasteiger partial charge in [0.1, 0.15) is 9.88 Å². The van der Waals surface area contributed by atoms with Crippen molar-refractivity contribution >= 4 is 38.7 Å². The number of hydrogen-bond acceptors (Lipinski definition) is 5. The zero-order chi connectivity index (χ0) is 23.6. The van der Waals surface area contributed by atoms with Crippen LogP contribution in [0.25, 0.3) is 20.7 Å². The molecule has 0 unspecified atom stereocenters. The van der Waals surface area contributed by atoms with Crippen LogP contribution in [0.15, 0.2) is 48.5 Å². The van der Waals surface area contributed by atoms with Crippen LogP contribution in [0.1, 0.15) is 37.8 Å². The number of halogens is 3. The van der Waals surface area contributed by atoms with E-state index in [9.17, 15) is 18.0 Å². The maximum Gasteiger partial charge on any atom is 0.416 e. The third-order valence-electron chi connectivity index (χ3n) is 4.98. The summed E-state index contributed by atoms with van der Waals surface area (Å²) in [6, 6.07) is 15.2. The lowest BCUT2D eigenvalue weighted by Gasteiger charge is -2.08. The molecular weight excluding hydrogens is 467 g/mol. The second-order valence-corrected chi connectivity index (χ2v) is 9.54. The van der Waals surface area contributed by atoms with E-state index in [-0.39, 0.29) is 18.9 Å². The van der Waals surface area contributed by atoms with Crippen molar-refractivity contribution in [2.24, 2.45) is 0 Å². The number of nitriles is 1. The van der Waals surface area contributed by atoms with Crippen molar-refractivity contribution in [1.82, 2.24) is 10.3 Å². The molecule has 168 valence electrons. The highest BCUT2D eigenvalue weighted by Gasteiger charge is 2.30. The van der Waals surface area contributed by atoms with Crippen LogP contribution in [-0.4, -0.2) is 17.4 Å². The van der Waals surface area contributed by atoms with Gasteiger partial charge in [-0.1, -0.05) is 36.4 Å². The Morgan fingerprint density at radius 1 is 1.15 bits per heavy atom. The van der Waals surface area contributed by atoms with Crippen LogP contribution >= 0.6 is 22.7 Å². The summed E-state index contributed by atoms with van der Waals surface area (Å²) in [7, 11) is 0. The number of fused-ring (bicyclic) bond motifs is 1. The van der Waals surface area contributed by atoms with Crippen molar-refractivity contribution in [3.8, 4) is 16.6 Å². The molecule has 0 aliphatic heterocycles. The van der Waals surface area contributed by atoms with Gasteiger partial charge >= 0.3 is 6.18 Å². The maximum atomic E-state index is 13.0. The number of hydrogen-bond donors (Lipinski definition) is 1. The molecule has 4 aromatic rings. The Bertz CT molecular complexity index is 1370. The van der Waals surface area contributed by atoms with Crippen LogP contribution in [0.4, 0.5) is 13.2 Å². The number of aryl methyl sites for hydroxylation is 1. The fourth-order valence-corrected chi connectivity index (χ4v) is 5.75. The van der Waals surface area contributed by atoms with Gasteiger partial charge in [0.2, 0.25) is 0 Å². The van der Waals surface area contributed by atoms with Gasteiger partial charge in [-0.15, -0.1) is 22.7 Å². The Hall–Kier alpha value is -3.22. The number of benzene rings is 2. The first-order valence-corrected chi connectivity index (χ1v) is 11.7. The molecule has 2 aromatic heterocycles. The molecule has 1 amide bonds. The summed E-state index contributed by atoms with van der Waals surface area (Å²) >= 11 is 2.80. The molecule has 0 radical (unpaired) electrons. The Morgan fingerprint density at radius 2 is 1.94 bits per heavy atom. The highest BCUT2D eigenvalue weighted by molar-refractivity contribution is 7.21. The highest BCUT2D eigenvalue weighted by Crippen LogP contribution is 2.38. The van der Waals surface area contributed by atoms with Crippen molar-refractivity contribution in [3.05, 3.63) is 75.1 Å². The number of nitrogens with zero attached hydrogens (tertiary/aromatic N) is 2. The quantitative estimate of drug-likeness (QED) is 0.314. The minimum atomic E-state index is -4.37. The van der Waals surface area contributed by atoms with E-state index in [4.69, 9.17) is 5.26 Å². The van der Waals surface area contributed by atoms with Crippen molar-refractivity contribution in [3.63, 3.8) is 0 Å². The van der Waals surface area contributed by atoms with E-state index in [0.29, 0.717) is 27.6 Å². The molecule has 0 bridgehead atoms. The van der Waals surface area contributed by atoms with Gasteiger partial charge < -0.3 is 5.32 Å². The van der Waals surface area contributed by atoms with E-state index in [1.807, 2.05) is 30.3 Å². The Kier molecular flexibility index (Phi) is 6.49. The van der Waals surface area contributed by atoms with Gasteiger partial charge in [0.05, 0.1) is 23.7 Å². The van der Waals surface area contributed by atoms with Gasteiger partial charge in [0.25, 0.3) is 5.91 Å². The molecule has 1 N–H and O–H groups in total. The lowest BCUT2D eigenvalue weighted by atomic mass is 10.1. The number of carbonyl (C=O) groups excluding carboxylic acids is 1. The summed E-state index contributed by atoms with van der Waals surface area (Å²) in [4.78, 5) is 18.5. The number of thiazole rings is 1. The van der Waals surface area contributed by atoms with Gasteiger partial charge in [-0.25, -0.2) is 4.98 Å². The van der Waals surface area contributed by atoms with Crippen LogP contribution in [0.5, 0.6) is 0 Å². The van der Waals surface area contributed by atoms with Crippen LogP contribution in [-0.2, 0) is 12.6 Å². The van der Waals surface area contributed by atoms with E-state index >= 15 is 0 Å². The highest BCUT2D eigenvalue weighted by atomic mass is 32.1. The number of aromatic nitrogens is 1. The average Bonchev–Trinajstić information content (AvgIpc) is 3.36. The second-order valence-electron chi connectivity index (χ2n) is 7.41. The number of alkyl halides is 3. The SMILES string of the molecule is Cc1nc(-c2cccc3cc(Cc4cccc(C(F)(F)F)c4)sc23)sc1C(=O)NCCC#N. The minimum absolute atomic E-state index is 0.236. The van der Waals surface area contributed by atoms with Gasteiger partial charge in [-0.2, -0.15) is 18.4 Å². The molecule has 0 aliphatic carbocycles. The van der Waals surface area contributed by atoms with Crippen LogP contribution in [0, 0.1) is 18.3 Å². The summed E-state index contributed by atoms with van der Waals surface area (Å²) in [5.41, 5.74) is 1.44. The predicted molar refractivity (Wildman–Crippen MR) is 124 cm³/mol. The molecule has 2 heterocycles. The van der Waals surface area contributed by atoms with E-state index in [1.54, 1.807) is 13.0 Å². The number of rotatable bonds is 6. The molecular formula is C24H18F3N3OS2. The lowest BCUT2D eigenvalue weighted by Crippen LogP contribution is -2.23.